The molecule has 1 aliphatic rings. The standard InChI is InChI=1S/C18H24O2/c1-17(2,3)14-8-11-7-12(19)9-16(20)13(11)10-15(14)18(4,5)6/h8-10,20H,7H2,1-6H3. The lowest BCUT2D eigenvalue weighted by Gasteiger charge is -2.32. The van der Waals surface area contributed by atoms with Crippen LogP contribution in [0.2, 0.25) is 0 Å². The lowest BCUT2D eigenvalue weighted by Crippen LogP contribution is -2.24. The van der Waals surface area contributed by atoms with E-state index in [1.165, 1.54) is 17.2 Å². The molecule has 0 unspecified atom stereocenters. The molecule has 0 aromatic heterocycles. The number of carbonyl (C=O) groups is 1. The SMILES string of the molecule is CC(C)(C)c1cc2c(cc1C(C)(C)C)C(O)=CC(=O)C2. The summed E-state index contributed by atoms with van der Waals surface area (Å²) in [7, 11) is 0. The van der Waals surface area contributed by atoms with E-state index in [1.54, 1.807) is 0 Å². The molecule has 0 saturated heterocycles. The molecule has 2 nitrogen and oxygen atoms in total. The van der Waals surface area contributed by atoms with Crippen LogP contribution >= 0.6 is 0 Å². The second-order valence-electron chi connectivity index (χ2n) is 7.73. The van der Waals surface area contributed by atoms with Gasteiger partial charge in [-0.1, -0.05) is 47.6 Å². The molecule has 0 spiro atoms. The summed E-state index contributed by atoms with van der Waals surface area (Å²) < 4.78 is 0. The molecule has 108 valence electrons. The number of benzene rings is 1. The molecule has 0 saturated carbocycles. The van der Waals surface area contributed by atoms with E-state index in [0.717, 1.165) is 11.1 Å². The first-order valence-corrected chi connectivity index (χ1v) is 7.12. The van der Waals surface area contributed by atoms with E-state index >= 15 is 0 Å². The van der Waals surface area contributed by atoms with Gasteiger partial charge in [0.2, 0.25) is 0 Å². The van der Waals surface area contributed by atoms with Crippen LogP contribution in [-0.4, -0.2) is 10.9 Å². The van der Waals surface area contributed by atoms with Crippen molar-refractivity contribution in [3.8, 4) is 0 Å². The van der Waals surface area contributed by atoms with Gasteiger partial charge >= 0.3 is 0 Å². The Kier molecular flexibility index (Phi) is 3.32. The molecule has 2 heteroatoms. The van der Waals surface area contributed by atoms with Crippen LogP contribution in [0.15, 0.2) is 18.2 Å². The van der Waals surface area contributed by atoms with Crippen LogP contribution in [0.3, 0.4) is 0 Å². The summed E-state index contributed by atoms with van der Waals surface area (Å²) in [5.74, 6) is 0.0700. The highest BCUT2D eigenvalue weighted by Crippen LogP contribution is 2.38. The molecule has 2 rings (SSSR count). The minimum absolute atomic E-state index is 0.000616. The van der Waals surface area contributed by atoms with Crippen molar-refractivity contribution in [3.05, 3.63) is 40.5 Å². The molecule has 1 aliphatic carbocycles. The number of rotatable bonds is 0. The van der Waals surface area contributed by atoms with Crippen LogP contribution in [0.1, 0.15) is 63.8 Å². The maximum Gasteiger partial charge on any atom is 0.163 e. The number of hydrogen-bond donors (Lipinski definition) is 1. The molecule has 0 radical (unpaired) electrons. The van der Waals surface area contributed by atoms with Gasteiger partial charge in [0.25, 0.3) is 0 Å². The van der Waals surface area contributed by atoms with E-state index < -0.39 is 0 Å². The number of fused-ring (bicyclic) bond motifs is 1. The molecule has 1 aromatic carbocycles. The molecule has 1 N–H and O–H groups in total. The minimum atomic E-state index is -0.0293. The number of aliphatic hydroxyl groups excluding tert-OH is 1. The quantitative estimate of drug-likeness (QED) is 0.764. The van der Waals surface area contributed by atoms with Gasteiger partial charge in [-0.25, -0.2) is 0 Å². The highest BCUT2D eigenvalue weighted by molar-refractivity contribution is 6.00. The molecule has 0 fully saturated rings. The largest absolute Gasteiger partial charge is 0.507 e. The second kappa shape index (κ2) is 4.47. The Labute approximate surface area is 121 Å². The summed E-state index contributed by atoms with van der Waals surface area (Å²) in [6.07, 6.45) is 1.72. The van der Waals surface area contributed by atoms with Crippen LogP contribution < -0.4 is 0 Å². The number of allylic oxidation sites excluding steroid dienone is 1. The van der Waals surface area contributed by atoms with Gasteiger partial charge in [0.15, 0.2) is 5.78 Å². The Hall–Kier alpha value is -1.57. The van der Waals surface area contributed by atoms with Crippen LogP contribution in [0.25, 0.3) is 5.76 Å². The van der Waals surface area contributed by atoms with E-state index in [0.29, 0.717) is 6.42 Å². The number of ketones is 1. The van der Waals surface area contributed by atoms with Crippen molar-refractivity contribution in [1.82, 2.24) is 0 Å². The third-order valence-electron chi connectivity index (χ3n) is 3.80. The van der Waals surface area contributed by atoms with E-state index in [4.69, 9.17) is 0 Å². The monoisotopic (exact) mass is 272 g/mol. The molecular weight excluding hydrogens is 248 g/mol. The smallest absolute Gasteiger partial charge is 0.163 e. The molecule has 0 atom stereocenters. The van der Waals surface area contributed by atoms with Gasteiger partial charge in [-0.3, -0.25) is 4.79 Å². The topological polar surface area (TPSA) is 37.3 Å². The Morgan fingerprint density at radius 1 is 0.950 bits per heavy atom. The molecule has 1 aromatic rings. The van der Waals surface area contributed by atoms with E-state index in [9.17, 15) is 9.90 Å². The minimum Gasteiger partial charge on any atom is -0.507 e. The first-order valence-electron chi connectivity index (χ1n) is 7.12. The third-order valence-corrected chi connectivity index (χ3v) is 3.80. The normalized spacial score (nSPS) is 15.9. The fourth-order valence-electron chi connectivity index (χ4n) is 2.74. The van der Waals surface area contributed by atoms with Crippen molar-refractivity contribution in [3.63, 3.8) is 0 Å². The van der Waals surface area contributed by atoms with E-state index in [1.807, 2.05) is 0 Å². The number of aliphatic hydroxyl groups is 1. The van der Waals surface area contributed by atoms with Crippen molar-refractivity contribution >= 4 is 11.5 Å². The van der Waals surface area contributed by atoms with Crippen molar-refractivity contribution in [2.45, 2.75) is 58.8 Å². The predicted molar refractivity (Wildman–Crippen MR) is 83.2 cm³/mol. The van der Waals surface area contributed by atoms with Gasteiger partial charge in [0.05, 0.1) is 0 Å². The van der Waals surface area contributed by atoms with Crippen LogP contribution in [0.4, 0.5) is 0 Å². The van der Waals surface area contributed by atoms with Crippen molar-refractivity contribution in [2.75, 3.05) is 0 Å². The predicted octanol–water partition coefficient (Wildman–Crippen LogP) is 4.31. The first kappa shape index (κ1) is 14.8. The van der Waals surface area contributed by atoms with Crippen LogP contribution in [0.5, 0.6) is 0 Å². The summed E-state index contributed by atoms with van der Waals surface area (Å²) in [4.78, 5) is 11.6. The molecule has 0 heterocycles. The summed E-state index contributed by atoms with van der Waals surface area (Å²) in [5, 5.41) is 10.1. The van der Waals surface area contributed by atoms with Gasteiger partial charge in [-0.05, 0) is 33.6 Å². The maximum atomic E-state index is 11.6. The van der Waals surface area contributed by atoms with Crippen LogP contribution in [-0.2, 0) is 22.0 Å². The molecule has 20 heavy (non-hydrogen) atoms. The highest BCUT2D eigenvalue weighted by atomic mass is 16.3. The fourth-order valence-corrected chi connectivity index (χ4v) is 2.74. The summed E-state index contributed by atoms with van der Waals surface area (Å²) in [6, 6.07) is 4.17. The van der Waals surface area contributed by atoms with Crippen molar-refractivity contribution in [2.24, 2.45) is 0 Å². The number of carbonyl (C=O) groups excluding carboxylic acids is 1. The first-order chi connectivity index (χ1) is 9.00. The zero-order valence-corrected chi connectivity index (χ0v) is 13.3. The van der Waals surface area contributed by atoms with E-state index in [-0.39, 0.29) is 22.4 Å². The van der Waals surface area contributed by atoms with E-state index in [2.05, 4.69) is 53.7 Å². The zero-order chi connectivity index (χ0) is 15.3. The fraction of sp³-hybridized carbons (Fsp3) is 0.500. The number of hydrogen-bond acceptors (Lipinski definition) is 2. The summed E-state index contributed by atoms with van der Waals surface area (Å²) >= 11 is 0. The lowest BCUT2D eigenvalue weighted by atomic mass is 9.73. The van der Waals surface area contributed by atoms with Gasteiger partial charge in [-0.2, -0.15) is 0 Å². The van der Waals surface area contributed by atoms with Gasteiger partial charge in [0.1, 0.15) is 5.76 Å². The lowest BCUT2D eigenvalue weighted by molar-refractivity contribution is -0.114. The van der Waals surface area contributed by atoms with Gasteiger partial charge < -0.3 is 5.11 Å². The molecular formula is C18H24O2. The Morgan fingerprint density at radius 3 is 1.95 bits per heavy atom. The summed E-state index contributed by atoms with van der Waals surface area (Å²) in [5.41, 5.74) is 4.25. The summed E-state index contributed by atoms with van der Waals surface area (Å²) in [6.45, 7) is 13.1. The molecule has 0 aliphatic heterocycles. The average molecular weight is 272 g/mol. The van der Waals surface area contributed by atoms with Crippen LogP contribution in [0, 0.1) is 0 Å². The Balaban J connectivity index is 2.75. The molecule has 0 bridgehead atoms. The zero-order valence-electron chi connectivity index (χ0n) is 13.3. The van der Waals surface area contributed by atoms with Gasteiger partial charge in [0, 0.05) is 18.1 Å². The van der Waals surface area contributed by atoms with Crippen molar-refractivity contribution < 1.29 is 9.90 Å². The highest BCUT2D eigenvalue weighted by Gasteiger charge is 2.28. The Bertz CT molecular complexity index is 593. The average Bonchev–Trinajstić information content (AvgIpc) is 2.24. The second-order valence-corrected chi connectivity index (χ2v) is 7.73. The third kappa shape index (κ3) is 2.65. The maximum absolute atomic E-state index is 11.6. The Morgan fingerprint density at radius 2 is 1.45 bits per heavy atom. The van der Waals surface area contributed by atoms with Crippen molar-refractivity contribution in [1.29, 1.82) is 0 Å². The van der Waals surface area contributed by atoms with Gasteiger partial charge in [-0.15, -0.1) is 0 Å². The molecule has 0 amide bonds.